The lowest BCUT2D eigenvalue weighted by Gasteiger charge is -2.31. The highest BCUT2D eigenvalue weighted by Gasteiger charge is 2.52. The summed E-state index contributed by atoms with van der Waals surface area (Å²) in [7, 11) is 0. The van der Waals surface area contributed by atoms with Gasteiger partial charge in [-0.2, -0.15) is 0 Å². The predicted octanol–water partition coefficient (Wildman–Crippen LogP) is 18.9. The molecule has 0 N–H and O–H groups in total. The number of anilines is 3. The normalized spacial score (nSPS) is 15.1. The molecular formula is C72H50N2. The summed E-state index contributed by atoms with van der Waals surface area (Å²) >= 11 is 0. The summed E-state index contributed by atoms with van der Waals surface area (Å²) in [5.74, 6) is 0. The van der Waals surface area contributed by atoms with Gasteiger partial charge in [0, 0.05) is 38.9 Å². The SMILES string of the molecule is C=Cc1cccc(-c2ccc3c(c2)C2(c4ccccc4-3)c3ccccc3-c3ccc(-n4c5ccccc5c5cc(N(c6ccc(-c7ccccc7)cc6)c6ccc7c(c6)C(C)(C)c6ccccc6-7)ccc54)cc32)c1. The maximum atomic E-state index is 4.09. The van der Waals surface area contributed by atoms with Gasteiger partial charge in [0.2, 0.25) is 0 Å². The van der Waals surface area contributed by atoms with E-state index in [-0.39, 0.29) is 5.41 Å². The van der Waals surface area contributed by atoms with Crippen LogP contribution in [0.2, 0.25) is 0 Å². The largest absolute Gasteiger partial charge is 0.310 e. The first-order chi connectivity index (χ1) is 36.4. The lowest BCUT2D eigenvalue weighted by molar-refractivity contribution is 0.660. The lowest BCUT2D eigenvalue weighted by atomic mass is 9.70. The fourth-order valence-electron chi connectivity index (χ4n) is 13.4. The Morgan fingerprint density at radius 1 is 0.351 bits per heavy atom. The van der Waals surface area contributed by atoms with E-state index >= 15 is 0 Å². The van der Waals surface area contributed by atoms with Crippen LogP contribution in [0.3, 0.4) is 0 Å². The van der Waals surface area contributed by atoms with Crippen molar-refractivity contribution in [3.05, 3.63) is 294 Å². The molecule has 0 saturated carbocycles. The summed E-state index contributed by atoms with van der Waals surface area (Å²) in [6.07, 6.45) is 1.93. The fraction of sp³-hybridized carbons (Fsp3) is 0.0556. The number of para-hydroxylation sites is 1. The molecule has 2 heteroatoms. The summed E-state index contributed by atoms with van der Waals surface area (Å²) < 4.78 is 2.50. The van der Waals surface area contributed by atoms with E-state index in [2.05, 4.69) is 279 Å². The lowest BCUT2D eigenvalue weighted by Crippen LogP contribution is -2.26. The second kappa shape index (κ2) is 15.9. The Bertz CT molecular complexity index is 4290. The van der Waals surface area contributed by atoms with Crippen LogP contribution in [0.15, 0.2) is 255 Å². The minimum Gasteiger partial charge on any atom is -0.310 e. The molecule has 0 amide bonds. The van der Waals surface area contributed by atoms with Gasteiger partial charge in [-0.1, -0.05) is 202 Å². The van der Waals surface area contributed by atoms with Crippen LogP contribution in [-0.4, -0.2) is 4.57 Å². The highest BCUT2D eigenvalue weighted by Crippen LogP contribution is 2.63. The Labute approximate surface area is 432 Å². The van der Waals surface area contributed by atoms with Gasteiger partial charge >= 0.3 is 0 Å². The van der Waals surface area contributed by atoms with Crippen LogP contribution >= 0.6 is 0 Å². The molecular weight excluding hydrogens is 893 g/mol. The fourth-order valence-corrected chi connectivity index (χ4v) is 13.4. The molecule has 1 aromatic heterocycles. The predicted molar refractivity (Wildman–Crippen MR) is 310 cm³/mol. The van der Waals surface area contributed by atoms with Gasteiger partial charge in [0.05, 0.1) is 16.4 Å². The van der Waals surface area contributed by atoms with Gasteiger partial charge in [-0.25, -0.2) is 0 Å². The Balaban J connectivity index is 0.923. The molecule has 15 rings (SSSR count). The first-order valence-corrected chi connectivity index (χ1v) is 25.9. The van der Waals surface area contributed by atoms with Crippen LogP contribution in [-0.2, 0) is 10.8 Å². The number of nitrogens with zero attached hydrogens (tertiary/aromatic N) is 2. The van der Waals surface area contributed by atoms with E-state index in [1.807, 2.05) is 6.08 Å². The van der Waals surface area contributed by atoms with Crippen molar-refractivity contribution in [3.8, 4) is 61.3 Å². The number of rotatable bonds is 7. The van der Waals surface area contributed by atoms with Crippen molar-refractivity contribution in [2.75, 3.05) is 4.90 Å². The summed E-state index contributed by atoms with van der Waals surface area (Å²) in [5, 5.41) is 2.43. The van der Waals surface area contributed by atoms with Gasteiger partial charge in [0.25, 0.3) is 0 Å². The number of hydrogen-bond acceptors (Lipinski definition) is 1. The Morgan fingerprint density at radius 2 is 0.865 bits per heavy atom. The third-order valence-corrected chi connectivity index (χ3v) is 16.8. The highest BCUT2D eigenvalue weighted by atomic mass is 15.1. The molecule has 12 aromatic rings. The van der Waals surface area contributed by atoms with Crippen LogP contribution in [0.5, 0.6) is 0 Å². The number of benzene rings is 11. The molecule has 1 spiro atoms. The second-order valence-corrected chi connectivity index (χ2v) is 20.9. The number of hydrogen-bond donors (Lipinski definition) is 0. The van der Waals surface area contributed by atoms with E-state index in [0.29, 0.717) is 0 Å². The Hall–Kier alpha value is -9.24. The molecule has 2 nitrogen and oxygen atoms in total. The van der Waals surface area contributed by atoms with Crippen molar-refractivity contribution in [1.29, 1.82) is 0 Å². The Kier molecular flexibility index (Phi) is 9.11. The Morgan fingerprint density at radius 3 is 1.62 bits per heavy atom. The van der Waals surface area contributed by atoms with Crippen molar-refractivity contribution in [2.24, 2.45) is 0 Å². The molecule has 0 bridgehead atoms. The smallest absolute Gasteiger partial charge is 0.0726 e. The zero-order chi connectivity index (χ0) is 49.3. The summed E-state index contributed by atoms with van der Waals surface area (Å²) in [6.45, 7) is 8.82. The van der Waals surface area contributed by atoms with Gasteiger partial charge in [0.15, 0.2) is 0 Å². The average molecular weight is 943 g/mol. The van der Waals surface area contributed by atoms with Crippen molar-refractivity contribution in [3.63, 3.8) is 0 Å². The minimum atomic E-state index is -0.520. The van der Waals surface area contributed by atoms with Gasteiger partial charge < -0.3 is 9.47 Å². The van der Waals surface area contributed by atoms with E-state index in [1.165, 1.54) is 111 Å². The third-order valence-electron chi connectivity index (χ3n) is 16.8. The molecule has 0 fully saturated rings. The van der Waals surface area contributed by atoms with Crippen LogP contribution in [0.25, 0.3) is 89.2 Å². The quantitative estimate of drug-likeness (QED) is 0.155. The molecule has 348 valence electrons. The van der Waals surface area contributed by atoms with Gasteiger partial charge in [-0.05, 0) is 167 Å². The molecule has 1 heterocycles. The van der Waals surface area contributed by atoms with E-state index < -0.39 is 5.41 Å². The molecule has 0 saturated heterocycles. The van der Waals surface area contributed by atoms with Gasteiger partial charge in [-0.3, -0.25) is 0 Å². The van der Waals surface area contributed by atoms with E-state index in [9.17, 15) is 0 Å². The van der Waals surface area contributed by atoms with Crippen LogP contribution in [0.1, 0.15) is 52.8 Å². The highest BCUT2D eigenvalue weighted by molar-refractivity contribution is 6.11. The maximum absolute atomic E-state index is 4.09. The summed E-state index contributed by atoms with van der Waals surface area (Å²) in [5.41, 5.74) is 27.9. The molecule has 3 aliphatic carbocycles. The third kappa shape index (κ3) is 5.94. The molecule has 0 radical (unpaired) electrons. The van der Waals surface area contributed by atoms with Crippen molar-refractivity contribution >= 4 is 44.9 Å². The van der Waals surface area contributed by atoms with E-state index in [4.69, 9.17) is 0 Å². The molecule has 0 aliphatic heterocycles. The molecule has 1 atom stereocenters. The van der Waals surface area contributed by atoms with Crippen molar-refractivity contribution < 1.29 is 0 Å². The van der Waals surface area contributed by atoms with Crippen LogP contribution < -0.4 is 4.90 Å². The number of aromatic nitrogens is 1. The van der Waals surface area contributed by atoms with E-state index in [1.54, 1.807) is 0 Å². The molecule has 74 heavy (non-hydrogen) atoms. The number of fused-ring (bicyclic) bond motifs is 16. The first kappa shape index (κ1) is 42.4. The topological polar surface area (TPSA) is 8.17 Å². The minimum absolute atomic E-state index is 0.139. The van der Waals surface area contributed by atoms with Crippen LogP contribution in [0, 0.1) is 0 Å². The molecule has 1 unspecified atom stereocenters. The van der Waals surface area contributed by atoms with Gasteiger partial charge in [-0.15, -0.1) is 0 Å². The maximum Gasteiger partial charge on any atom is 0.0726 e. The zero-order valence-electron chi connectivity index (χ0n) is 41.4. The monoisotopic (exact) mass is 942 g/mol. The van der Waals surface area contributed by atoms with Crippen LogP contribution in [0.4, 0.5) is 17.1 Å². The standard InChI is InChI=1S/C72H50N2/c1-4-46-17-16-20-49(41-46)50-31-37-59-56-22-9-13-26-64(56)72(67(59)42-50)65-27-14-10-23-57(65)60-39-35-54(45-68(60)72)74-69-28-15-11-24-61(69)62-43-52(36-40-70(62)74)73(51-32-29-48(30-33-51)47-18-6-5-7-19-47)53-34-38-58-55-21-8-12-25-63(55)71(2,3)66(58)44-53/h4-45H,1H2,2-3H3. The van der Waals surface area contributed by atoms with Crippen molar-refractivity contribution in [2.45, 2.75) is 24.7 Å². The summed E-state index contributed by atoms with van der Waals surface area (Å²) in [4.78, 5) is 2.45. The molecule has 3 aliphatic rings. The van der Waals surface area contributed by atoms with Gasteiger partial charge in [0.1, 0.15) is 0 Å². The first-order valence-electron chi connectivity index (χ1n) is 25.9. The molecule has 11 aromatic carbocycles. The summed E-state index contributed by atoms with van der Waals surface area (Å²) in [6, 6.07) is 93.1. The van der Waals surface area contributed by atoms with Crippen molar-refractivity contribution in [1.82, 2.24) is 4.57 Å². The average Bonchev–Trinajstić information content (AvgIpc) is 4.27. The second-order valence-electron chi connectivity index (χ2n) is 20.9. The zero-order valence-corrected chi connectivity index (χ0v) is 41.4. The van der Waals surface area contributed by atoms with E-state index in [0.717, 1.165) is 28.3 Å².